The van der Waals surface area contributed by atoms with Crippen molar-refractivity contribution in [3.05, 3.63) is 48.3 Å². The summed E-state index contributed by atoms with van der Waals surface area (Å²) in [6.07, 6.45) is 10.2. The van der Waals surface area contributed by atoms with E-state index in [1.165, 1.54) is 5.56 Å². The van der Waals surface area contributed by atoms with E-state index in [0.29, 0.717) is 12.3 Å². The molecule has 0 N–H and O–H groups in total. The van der Waals surface area contributed by atoms with Crippen molar-refractivity contribution in [1.29, 1.82) is 0 Å². The minimum atomic E-state index is -0.0503. The standard InChI is InChI=1S/C20H27N5O/c1-3-25-19(26)14-17(16-4-8-21-9-5-16)20(25)6-11-24(12-7-20)15-18-22-10-13-23(18)2/h4-5,8-10,13,17H,3,6-7,11-12,14-15H2,1-2H3/t17-/m1/s1. The van der Waals surface area contributed by atoms with Crippen molar-refractivity contribution in [2.24, 2.45) is 7.05 Å². The first kappa shape index (κ1) is 17.2. The molecule has 0 aromatic carbocycles. The molecular weight excluding hydrogens is 326 g/mol. The molecule has 0 saturated carbocycles. The van der Waals surface area contributed by atoms with Crippen LogP contribution in [0, 0.1) is 0 Å². The molecule has 0 radical (unpaired) electrons. The van der Waals surface area contributed by atoms with Crippen LogP contribution in [0.25, 0.3) is 0 Å². The SMILES string of the molecule is CCN1C(=O)C[C@H](c2ccncc2)C12CCN(Cc1nccn1C)CC2. The van der Waals surface area contributed by atoms with E-state index in [2.05, 4.69) is 43.4 Å². The number of hydrogen-bond donors (Lipinski definition) is 0. The van der Waals surface area contributed by atoms with Gasteiger partial charge in [0.1, 0.15) is 5.82 Å². The van der Waals surface area contributed by atoms with Crippen molar-refractivity contribution >= 4 is 5.91 Å². The number of likely N-dealkylation sites (tertiary alicyclic amines) is 2. The second-order valence-electron chi connectivity index (χ2n) is 7.51. The van der Waals surface area contributed by atoms with Crippen LogP contribution in [-0.2, 0) is 18.4 Å². The van der Waals surface area contributed by atoms with Crippen molar-refractivity contribution in [3.63, 3.8) is 0 Å². The smallest absolute Gasteiger partial charge is 0.223 e. The van der Waals surface area contributed by atoms with Crippen molar-refractivity contribution in [2.75, 3.05) is 19.6 Å². The number of hydrogen-bond acceptors (Lipinski definition) is 4. The van der Waals surface area contributed by atoms with Crippen LogP contribution in [0.4, 0.5) is 0 Å². The molecule has 2 aromatic rings. The molecule has 1 atom stereocenters. The molecule has 2 aliphatic rings. The number of rotatable bonds is 4. The zero-order valence-electron chi connectivity index (χ0n) is 15.6. The lowest BCUT2D eigenvalue weighted by molar-refractivity contribution is -0.132. The fourth-order valence-electron chi connectivity index (χ4n) is 4.89. The number of imidazole rings is 1. The van der Waals surface area contributed by atoms with Crippen LogP contribution in [0.2, 0.25) is 0 Å². The summed E-state index contributed by atoms with van der Waals surface area (Å²) in [4.78, 5) is 26.0. The number of pyridine rings is 1. The van der Waals surface area contributed by atoms with Gasteiger partial charge in [0.05, 0.1) is 12.1 Å². The van der Waals surface area contributed by atoms with Gasteiger partial charge in [-0.1, -0.05) is 0 Å². The summed E-state index contributed by atoms with van der Waals surface area (Å²) in [5, 5.41) is 0. The maximum Gasteiger partial charge on any atom is 0.223 e. The molecule has 2 aliphatic heterocycles. The molecule has 6 nitrogen and oxygen atoms in total. The summed E-state index contributed by atoms with van der Waals surface area (Å²) in [6, 6.07) is 4.16. The van der Waals surface area contributed by atoms with Crippen LogP contribution >= 0.6 is 0 Å². The number of likely N-dealkylation sites (N-methyl/N-ethyl adjacent to an activating group) is 1. The van der Waals surface area contributed by atoms with Crippen LogP contribution in [0.1, 0.15) is 43.5 Å². The molecule has 26 heavy (non-hydrogen) atoms. The largest absolute Gasteiger partial charge is 0.337 e. The summed E-state index contributed by atoms with van der Waals surface area (Å²) in [5.41, 5.74) is 1.20. The van der Waals surface area contributed by atoms with Gasteiger partial charge in [-0.2, -0.15) is 0 Å². The molecule has 4 heterocycles. The molecule has 1 spiro atoms. The molecule has 2 aromatic heterocycles. The first-order valence-corrected chi connectivity index (χ1v) is 9.53. The minimum Gasteiger partial charge on any atom is -0.337 e. The van der Waals surface area contributed by atoms with Gasteiger partial charge in [-0.15, -0.1) is 0 Å². The van der Waals surface area contributed by atoms with E-state index in [4.69, 9.17) is 0 Å². The minimum absolute atomic E-state index is 0.0503. The van der Waals surface area contributed by atoms with Gasteiger partial charge in [0.2, 0.25) is 5.91 Å². The highest BCUT2D eigenvalue weighted by molar-refractivity contribution is 5.81. The van der Waals surface area contributed by atoms with E-state index in [1.807, 2.05) is 31.8 Å². The Labute approximate surface area is 154 Å². The molecule has 1 amide bonds. The predicted octanol–water partition coefficient (Wildman–Crippen LogP) is 2.19. The quantitative estimate of drug-likeness (QED) is 0.845. The Hall–Kier alpha value is -2.21. The number of nitrogens with zero attached hydrogens (tertiary/aromatic N) is 5. The van der Waals surface area contributed by atoms with Gasteiger partial charge in [-0.25, -0.2) is 4.98 Å². The number of carbonyl (C=O) groups is 1. The Kier molecular flexibility index (Phi) is 4.53. The zero-order chi connectivity index (χ0) is 18.1. The second-order valence-corrected chi connectivity index (χ2v) is 7.51. The lowest BCUT2D eigenvalue weighted by atomic mass is 9.74. The lowest BCUT2D eigenvalue weighted by Gasteiger charge is -2.47. The highest BCUT2D eigenvalue weighted by Gasteiger charge is 2.53. The van der Waals surface area contributed by atoms with Crippen molar-refractivity contribution in [2.45, 2.75) is 44.2 Å². The van der Waals surface area contributed by atoms with Gasteiger partial charge < -0.3 is 9.47 Å². The van der Waals surface area contributed by atoms with E-state index >= 15 is 0 Å². The third-order valence-electron chi connectivity index (χ3n) is 6.30. The molecule has 0 unspecified atom stereocenters. The fraction of sp³-hybridized carbons (Fsp3) is 0.550. The summed E-state index contributed by atoms with van der Waals surface area (Å²) in [7, 11) is 2.04. The van der Waals surface area contributed by atoms with Crippen LogP contribution in [0.5, 0.6) is 0 Å². The van der Waals surface area contributed by atoms with E-state index < -0.39 is 0 Å². The van der Waals surface area contributed by atoms with Gasteiger partial charge in [0, 0.05) is 63.8 Å². The van der Waals surface area contributed by atoms with Gasteiger partial charge in [0.25, 0.3) is 0 Å². The average molecular weight is 353 g/mol. The van der Waals surface area contributed by atoms with Crippen molar-refractivity contribution < 1.29 is 4.79 Å². The number of amides is 1. The first-order valence-electron chi connectivity index (χ1n) is 9.53. The normalized spacial score (nSPS) is 23.1. The van der Waals surface area contributed by atoms with Crippen molar-refractivity contribution in [1.82, 2.24) is 24.3 Å². The molecule has 4 rings (SSSR count). The van der Waals surface area contributed by atoms with E-state index in [1.54, 1.807) is 0 Å². The molecule has 0 aliphatic carbocycles. The lowest BCUT2D eigenvalue weighted by Crippen LogP contribution is -2.55. The van der Waals surface area contributed by atoms with Crippen LogP contribution in [0.3, 0.4) is 0 Å². The van der Waals surface area contributed by atoms with E-state index in [9.17, 15) is 4.79 Å². The van der Waals surface area contributed by atoms with Gasteiger partial charge in [0.15, 0.2) is 0 Å². The monoisotopic (exact) mass is 353 g/mol. The maximum atomic E-state index is 12.7. The van der Waals surface area contributed by atoms with Crippen LogP contribution in [-0.4, -0.2) is 55.4 Å². The number of piperidine rings is 1. The molecule has 6 heteroatoms. The van der Waals surface area contributed by atoms with Gasteiger partial charge >= 0.3 is 0 Å². The Bertz CT molecular complexity index is 764. The summed E-state index contributed by atoms with van der Waals surface area (Å²) < 4.78 is 2.08. The first-order chi connectivity index (χ1) is 12.6. The second kappa shape index (κ2) is 6.83. The average Bonchev–Trinajstić information content (AvgIpc) is 3.18. The number of carbonyl (C=O) groups excluding carboxylic acids is 1. The van der Waals surface area contributed by atoms with E-state index in [-0.39, 0.29) is 11.5 Å². The predicted molar refractivity (Wildman–Crippen MR) is 99.4 cm³/mol. The van der Waals surface area contributed by atoms with Crippen LogP contribution < -0.4 is 0 Å². The molecule has 2 fully saturated rings. The van der Waals surface area contributed by atoms with Gasteiger partial charge in [-0.3, -0.25) is 14.7 Å². The summed E-state index contributed by atoms with van der Waals surface area (Å²) in [5.74, 6) is 1.67. The Morgan fingerprint density at radius 3 is 2.54 bits per heavy atom. The van der Waals surface area contributed by atoms with Gasteiger partial charge in [-0.05, 0) is 37.5 Å². The summed E-state index contributed by atoms with van der Waals surface area (Å²) >= 11 is 0. The molecular formula is C20H27N5O. The topological polar surface area (TPSA) is 54.3 Å². The third kappa shape index (κ3) is 2.82. The maximum absolute atomic E-state index is 12.7. The molecule has 2 saturated heterocycles. The Morgan fingerprint density at radius 2 is 1.92 bits per heavy atom. The zero-order valence-corrected chi connectivity index (χ0v) is 15.6. The fourth-order valence-corrected chi connectivity index (χ4v) is 4.89. The molecule has 0 bridgehead atoms. The van der Waals surface area contributed by atoms with Crippen LogP contribution in [0.15, 0.2) is 36.9 Å². The van der Waals surface area contributed by atoms with E-state index in [0.717, 1.165) is 44.8 Å². The highest BCUT2D eigenvalue weighted by Crippen LogP contribution is 2.48. The number of aryl methyl sites for hydroxylation is 1. The Morgan fingerprint density at radius 1 is 1.19 bits per heavy atom. The third-order valence-corrected chi connectivity index (χ3v) is 6.30. The number of aromatic nitrogens is 3. The highest BCUT2D eigenvalue weighted by atomic mass is 16.2. The van der Waals surface area contributed by atoms with Crippen molar-refractivity contribution in [3.8, 4) is 0 Å². The Balaban J connectivity index is 1.55. The summed E-state index contributed by atoms with van der Waals surface area (Å²) in [6.45, 7) is 5.77. The molecule has 138 valence electrons.